The molecule has 0 amide bonds. The summed E-state index contributed by atoms with van der Waals surface area (Å²) in [4.78, 5) is 0. The minimum Gasteiger partial charge on any atom is -0.311 e. The Morgan fingerprint density at radius 2 is 1.43 bits per heavy atom. The van der Waals surface area contributed by atoms with Gasteiger partial charge in [0, 0.05) is 12.1 Å². The Morgan fingerprint density at radius 3 is 1.86 bits per heavy atom. The van der Waals surface area contributed by atoms with E-state index in [9.17, 15) is 0 Å². The van der Waals surface area contributed by atoms with Crippen molar-refractivity contribution in [2.24, 2.45) is 17.8 Å². The number of nitrogens with one attached hydrogen (secondary N) is 1. The first kappa shape index (κ1) is 12.0. The Morgan fingerprint density at radius 1 is 0.929 bits per heavy atom. The first-order valence-electron chi connectivity index (χ1n) is 6.25. The monoisotopic (exact) mass is 197 g/mol. The molecular weight excluding hydrogens is 170 g/mol. The summed E-state index contributed by atoms with van der Waals surface area (Å²) < 4.78 is 0. The van der Waals surface area contributed by atoms with Crippen molar-refractivity contribution in [1.29, 1.82) is 0 Å². The molecule has 1 saturated carbocycles. The van der Waals surface area contributed by atoms with Crippen molar-refractivity contribution in [2.75, 3.05) is 0 Å². The summed E-state index contributed by atoms with van der Waals surface area (Å²) >= 11 is 0. The number of hydrogen-bond acceptors (Lipinski definition) is 1. The van der Waals surface area contributed by atoms with Crippen LogP contribution < -0.4 is 5.32 Å². The SMILES string of the molecule is CC1CC(C)CC(NC(C)C(C)C)C1. The van der Waals surface area contributed by atoms with E-state index in [1.54, 1.807) is 0 Å². The average Bonchev–Trinajstić information content (AvgIpc) is 2.01. The van der Waals surface area contributed by atoms with Crippen molar-refractivity contribution in [3.8, 4) is 0 Å². The molecule has 1 aliphatic rings. The van der Waals surface area contributed by atoms with Crippen LogP contribution in [0.25, 0.3) is 0 Å². The first-order chi connectivity index (χ1) is 6.49. The van der Waals surface area contributed by atoms with E-state index in [4.69, 9.17) is 0 Å². The summed E-state index contributed by atoms with van der Waals surface area (Å²) in [6.07, 6.45) is 4.18. The summed E-state index contributed by atoms with van der Waals surface area (Å²) in [5.41, 5.74) is 0. The molecule has 1 N–H and O–H groups in total. The van der Waals surface area contributed by atoms with E-state index < -0.39 is 0 Å². The van der Waals surface area contributed by atoms with Crippen molar-refractivity contribution in [3.63, 3.8) is 0 Å². The molecule has 0 spiro atoms. The van der Waals surface area contributed by atoms with Crippen molar-refractivity contribution >= 4 is 0 Å². The van der Waals surface area contributed by atoms with Gasteiger partial charge in [0.2, 0.25) is 0 Å². The van der Waals surface area contributed by atoms with Crippen LogP contribution in [0.2, 0.25) is 0 Å². The third-order valence-corrected chi connectivity index (χ3v) is 3.68. The smallest absolute Gasteiger partial charge is 0.00747 e. The fourth-order valence-corrected chi connectivity index (χ4v) is 2.65. The maximum absolute atomic E-state index is 3.78. The molecule has 14 heavy (non-hydrogen) atoms. The van der Waals surface area contributed by atoms with Crippen LogP contribution in [0.3, 0.4) is 0 Å². The summed E-state index contributed by atoms with van der Waals surface area (Å²) in [6.45, 7) is 11.7. The number of rotatable bonds is 3. The largest absolute Gasteiger partial charge is 0.311 e. The second-order valence-corrected chi connectivity index (χ2v) is 5.81. The Balaban J connectivity index is 2.36. The summed E-state index contributed by atoms with van der Waals surface area (Å²) in [7, 11) is 0. The quantitative estimate of drug-likeness (QED) is 0.731. The van der Waals surface area contributed by atoms with Gasteiger partial charge in [-0.15, -0.1) is 0 Å². The minimum atomic E-state index is 0.664. The molecule has 1 heteroatoms. The molecule has 1 rings (SSSR count). The van der Waals surface area contributed by atoms with E-state index in [1.807, 2.05) is 0 Å². The van der Waals surface area contributed by atoms with Crippen LogP contribution in [0.5, 0.6) is 0 Å². The highest BCUT2D eigenvalue weighted by Gasteiger charge is 2.25. The second-order valence-electron chi connectivity index (χ2n) is 5.81. The molecule has 0 aromatic rings. The van der Waals surface area contributed by atoms with E-state index in [2.05, 4.69) is 39.9 Å². The zero-order valence-corrected chi connectivity index (χ0v) is 10.5. The zero-order valence-electron chi connectivity index (χ0n) is 10.5. The Kier molecular flexibility index (Phi) is 4.43. The normalized spacial score (nSPS) is 36.0. The van der Waals surface area contributed by atoms with E-state index >= 15 is 0 Å². The molecule has 1 nitrogen and oxygen atoms in total. The lowest BCUT2D eigenvalue weighted by molar-refractivity contribution is 0.217. The zero-order chi connectivity index (χ0) is 10.7. The maximum atomic E-state index is 3.78. The van der Waals surface area contributed by atoms with Gasteiger partial charge < -0.3 is 5.32 Å². The molecule has 0 radical (unpaired) electrons. The number of hydrogen-bond donors (Lipinski definition) is 1. The van der Waals surface area contributed by atoms with Crippen LogP contribution in [-0.4, -0.2) is 12.1 Å². The van der Waals surface area contributed by atoms with Gasteiger partial charge in [-0.2, -0.15) is 0 Å². The van der Waals surface area contributed by atoms with Crippen molar-refractivity contribution in [2.45, 2.75) is 66.0 Å². The molecule has 0 saturated heterocycles. The average molecular weight is 197 g/mol. The molecule has 0 aromatic heterocycles. The summed E-state index contributed by atoms with van der Waals surface area (Å²) in [5.74, 6) is 2.58. The predicted octanol–water partition coefficient (Wildman–Crippen LogP) is 3.45. The third kappa shape index (κ3) is 3.61. The van der Waals surface area contributed by atoms with Gasteiger partial charge in [0.15, 0.2) is 0 Å². The Bertz CT molecular complexity index is 155. The van der Waals surface area contributed by atoms with E-state index in [-0.39, 0.29) is 0 Å². The molecule has 1 aliphatic carbocycles. The Labute approximate surface area is 89.7 Å². The van der Waals surface area contributed by atoms with E-state index in [0.29, 0.717) is 6.04 Å². The van der Waals surface area contributed by atoms with Gasteiger partial charge in [-0.05, 0) is 43.9 Å². The molecule has 0 aromatic carbocycles. The predicted molar refractivity (Wildman–Crippen MR) is 63.4 cm³/mol. The molecule has 0 heterocycles. The van der Waals surface area contributed by atoms with Crippen molar-refractivity contribution < 1.29 is 0 Å². The lowest BCUT2D eigenvalue weighted by Gasteiger charge is -2.34. The lowest BCUT2D eigenvalue weighted by Crippen LogP contribution is -2.43. The highest BCUT2D eigenvalue weighted by Crippen LogP contribution is 2.28. The Hall–Kier alpha value is -0.0400. The van der Waals surface area contributed by atoms with Gasteiger partial charge in [0.05, 0.1) is 0 Å². The van der Waals surface area contributed by atoms with Crippen LogP contribution in [0, 0.1) is 17.8 Å². The van der Waals surface area contributed by atoms with Crippen molar-refractivity contribution in [3.05, 3.63) is 0 Å². The molecule has 1 fully saturated rings. The molecule has 0 bridgehead atoms. The minimum absolute atomic E-state index is 0.664. The fraction of sp³-hybridized carbons (Fsp3) is 1.00. The fourth-order valence-electron chi connectivity index (χ4n) is 2.65. The highest BCUT2D eigenvalue weighted by atomic mass is 15.0. The van der Waals surface area contributed by atoms with Crippen molar-refractivity contribution in [1.82, 2.24) is 5.32 Å². The van der Waals surface area contributed by atoms with Crippen LogP contribution in [0.4, 0.5) is 0 Å². The van der Waals surface area contributed by atoms with Gasteiger partial charge in [-0.3, -0.25) is 0 Å². The van der Waals surface area contributed by atoms with Gasteiger partial charge in [0.1, 0.15) is 0 Å². The topological polar surface area (TPSA) is 12.0 Å². The molecule has 3 unspecified atom stereocenters. The van der Waals surface area contributed by atoms with Crippen LogP contribution >= 0.6 is 0 Å². The highest BCUT2D eigenvalue weighted by molar-refractivity contribution is 4.82. The van der Waals surface area contributed by atoms with Crippen LogP contribution in [0.15, 0.2) is 0 Å². The van der Waals surface area contributed by atoms with Gasteiger partial charge >= 0.3 is 0 Å². The van der Waals surface area contributed by atoms with E-state index in [0.717, 1.165) is 23.8 Å². The van der Waals surface area contributed by atoms with E-state index in [1.165, 1.54) is 19.3 Å². The molecular formula is C13H27N. The van der Waals surface area contributed by atoms with Crippen LogP contribution in [0.1, 0.15) is 53.9 Å². The standard InChI is InChI=1S/C13H27N/c1-9(2)12(5)14-13-7-10(3)6-11(4)8-13/h9-14H,6-8H2,1-5H3. The lowest BCUT2D eigenvalue weighted by atomic mass is 9.80. The first-order valence-corrected chi connectivity index (χ1v) is 6.25. The maximum Gasteiger partial charge on any atom is 0.00747 e. The van der Waals surface area contributed by atoms with Gasteiger partial charge in [-0.1, -0.05) is 27.7 Å². The molecule has 84 valence electrons. The summed E-state index contributed by atoms with van der Waals surface area (Å²) in [6, 6.07) is 1.43. The third-order valence-electron chi connectivity index (χ3n) is 3.68. The van der Waals surface area contributed by atoms with Crippen LogP contribution in [-0.2, 0) is 0 Å². The second kappa shape index (κ2) is 5.16. The van der Waals surface area contributed by atoms with Gasteiger partial charge in [-0.25, -0.2) is 0 Å². The van der Waals surface area contributed by atoms with Gasteiger partial charge in [0.25, 0.3) is 0 Å². The summed E-state index contributed by atoms with van der Waals surface area (Å²) in [5, 5.41) is 3.78. The molecule has 0 aliphatic heterocycles. The molecule has 3 atom stereocenters.